The van der Waals surface area contributed by atoms with Crippen LogP contribution in [-0.2, 0) is 11.3 Å². The van der Waals surface area contributed by atoms with Crippen molar-refractivity contribution in [1.82, 2.24) is 29.9 Å². The van der Waals surface area contributed by atoms with Crippen molar-refractivity contribution in [2.45, 2.75) is 44.2 Å². The van der Waals surface area contributed by atoms with Crippen LogP contribution < -0.4 is 10.6 Å². The van der Waals surface area contributed by atoms with Crippen molar-refractivity contribution in [3.05, 3.63) is 53.4 Å². The Balaban J connectivity index is 1.34. The maximum atomic E-state index is 14.1. The molecule has 11 heteroatoms. The third-order valence-electron chi connectivity index (χ3n) is 6.30. The Kier molecular flexibility index (Phi) is 5.33. The lowest BCUT2D eigenvalue weighted by molar-refractivity contribution is 0.0673. The predicted octanol–water partition coefficient (Wildman–Crippen LogP) is 4.41. The zero-order valence-corrected chi connectivity index (χ0v) is 18.4. The van der Waals surface area contributed by atoms with Crippen LogP contribution in [0.3, 0.4) is 0 Å². The number of fused-ring (bicyclic) bond motifs is 1. The van der Waals surface area contributed by atoms with Crippen LogP contribution in [0.4, 0.5) is 26.4 Å². The van der Waals surface area contributed by atoms with Crippen LogP contribution in [0.25, 0.3) is 11.0 Å². The number of hydrogen-bond donors (Lipinski definition) is 3. The van der Waals surface area contributed by atoms with Gasteiger partial charge in [-0.2, -0.15) is 20.2 Å². The molecule has 0 spiro atoms. The molecule has 1 aliphatic heterocycles. The molecule has 0 unspecified atom stereocenters. The van der Waals surface area contributed by atoms with Crippen molar-refractivity contribution in [3.63, 3.8) is 0 Å². The molecule has 0 radical (unpaired) electrons. The topological polar surface area (TPSA) is 106 Å². The summed E-state index contributed by atoms with van der Waals surface area (Å²) in [4.78, 5) is 9.32. The first-order chi connectivity index (χ1) is 16.6. The summed E-state index contributed by atoms with van der Waals surface area (Å²) in [5.74, 6) is 0.840. The van der Waals surface area contributed by atoms with Crippen LogP contribution in [0.1, 0.15) is 48.9 Å². The summed E-state index contributed by atoms with van der Waals surface area (Å²) < 4.78 is 34.8. The molecule has 2 fully saturated rings. The Morgan fingerprint density at radius 1 is 1.09 bits per heavy atom. The number of H-pyrrole nitrogens is 1. The summed E-state index contributed by atoms with van der Waals surface area (Å²) in [6.07, 6.45) is 5.79. The highest BCUT2D eigenvalue weighted by molar-refractivity contribution is 5.89. The number of benzene rings is 1. The van der Waals surface area contributed by atoms with E-state index >= 15 is 0 Å². The molecule has 176 valence electrons. The molecule has 9 nitrogen and oxygen atoms in total. The lowest BCUT2D eigenvalue weighted by Gasteiger charge is -2.22. The molecular formula is C23H24F2N8O. The van der Waals surface area contributed by atoms with Crippen molar-refractivity contribution in [1.29, 1.82) is 0 Å². The van der Waals surface area contributed by atoms with Gasteiger partial charge in [0.1, 0.15) is 17.5 Å². The number of ether oxygens (including phenoxy) is 1. The summed E-state index contributed by atoms with van der Waals surface area (Å²) >= 11 is 0. The Labute approximate surface area is 193 Å². The molecular weight excluding hydrogens is 442 g/mol. The minimum absolute atomic E-state index is 0.108. The van der Waals surface area contributed by atoms with E-state index in [2.05, 4.69) is 30.9 Å². The molecule has 6 rings (SSSR count). The Morgan fingerprint density at radius 2 is 1.94 bits per heavy atom. The number of aromatic nitrogens is 6. The zero-order chi connectivity index (χ0) is 23.1. The Bertz CT molecular complexity index is 1330. The average Bonchev–Trinajstić information content (AvgIpc) is 3.43. The van der Waals surface area contributed by atoms with Gasteiger partial charge in [0.15, 0.2) is 11.5 Å². The monoisotopic (exact) mass is 466 g/mol. The summed E-state index contributed by atoms with van der Waals surface area (Å²) in [6.45, 7) is 1.46. The van der Waals surface area contributed by atoms with Gasteiger partial charge in [0, 0.05) is 49.1 Å². The lowest BCUT2D eigenvalue weighted by atomic mass is 10.1. The summed E-state index contributed by atoms with van der Waals surface area (Å²) in [7, 11) is 0. The molecule has 1 saturated heterocycles. The van der Waals surface area contributed by atoms with Crippen LogP contribution in [0.5, 0.6) is 0 Å². The van der Waals surface area contributed by atoms with E-state index in [-0.39, 0.29) is 12.6 Å². The molecule has 3 aromatic heterocycles. The minimum Gasteiger partial charge on any atom is -0.381 e. The smallest absolute Gasteiger partial charge is 0.227 e. The Morgan fingerprint density at radius 3 is 2.74 bits per heavy atom. The number of hydrogen-bond acceptors (Lipinski definition) is 7. The maximum absolute atomic E-state index is 14.1. The van der Waals surface area contributed by atoms with E-state index in [9.17, 15) is 8.78 Å². The molecule has 1 aliphatic carbocycles. The van der Waals surface area contributed by atoms with Gasteiger partial charge >= 0.3 is 0 Å². The first-order valence-corrected chi connectivity index (χ1v) is 11.5. The van der Waals surface area contributed by atoms with E-state index in [4.69, 9.17) is 9.72 Å². The molecule has 34 heavy (non-hydrogen) atoms. The van der Waals surface area contributed by atoms with Gasteiger partial charge in [-0.3, -0.25) is 5.10 Å². The van der Waals surface area contributed by atoms with Gasteiger partial charge in [-0.25, -0.2) is 13.5 Å². The summed E-state index contributed by atoms with van der Waals surface area (Å²) in [6, 6.07) is 5.67. The van der Waals surface area contributed by atoms with Crippen molar-refractivity contribution in [3.8, 4) is 0 Å². The van der Waals surface area contributed by atoms with Gasteiger partial charge in [-0.15, -0.1) is 0 Å². The van der Waals surface area contributed by atoms with Crippen molar-refractivity contribution in [2.75, 3.05) is 23.8 Å². The van der Waals surface area contributed by atoms with Crippen molar-refractivity contribution in [2.24, 2.45) is 0 Å². The van der Waals surface area contributed by atoms with E-state index < -0.39 is 11.6 Å². The first-order valence-electron chi connectivity index (χ1n) is 11.5. The molecule has 0 amide bonds. The normalized spacial score (nSPS) is 16.8. The number of anilines is 3. The second-order valence-electron chi connectivity index (χ2n) is 8.76. The van der Waals surface area contributed by atoms with Gasteiger partial charge in [0.05, 0.1) is 17.6 Å². The van der Waals surface area contributed by atoms with Crippen LogP contribution in [0.2, 0.25) is 0 Å². The number of aromatic amines is 1. The summed E-state index contributed by atoms with van der Waals surface area (Å²) in [5, 5.41) is 19.2. The highest BCUT2D eigenvalue weighted by atomic mass is 19.1. The van der Waals surface area contributed by atoms with Gasteiger partial charge < -0.3 is 15.4 Å². The van der Waals surface area contributed by atoms with Gasteiger partial charge in [0.25, 0.3) is 0 Å². The highest BCUT2D eigenvalue weighted by Gasteiger charge is 2.26. The number of halogens is 2. The van der Waals surface area contributed by atoms with Crippen molar-refractivity contribution >= 4 is 28.6 Å². The van der Waals surface area contributed by atoms with E-state index in [0.717, 1.165) is 30.0 Å². The summed E-state index contributed by atoms with van der Waals surface area (Å²) in [5.41, 5.74) is 2.10. The lowest BCUT2D eigenvalue weighted by Crippen LogP contribution is -2.21. The van der Waals surface area contributed by atoms with E-state index in [1.807, 2.05) is 10.7 Å². The molecule has 3 N–H and O–H groups in total. The van der Waals surface area contributed by atoms with Gasteiger partial charge in [0.2, 0.25) is 5.95 Å². The van der Waals surface area contributed by atoms with Crippen LogP contribution >= 0.6 is 0 Å². The fourth-order valence-electron chi connectivity index (χ4n) is 4.26. The minimum atomic E-state index is -0.622. The quantitative estimate of drug-likeness (QED) is 0.370. The van der Waals surface area contributed by atoms with Crippen LogP contribution in [-0.4, -0.2) is 43.2 Å². The third-order valence-corrected chi connectivity index (χ3v) is 6.30. The predicted molar refractivity (Wildman–Crippen MR) is 122 cm³/mol. The second kappa shape index (κ2) is 8.64. The number of rotatable bonds is 7. The standard InChI is InChI=1S/C23H24F2N8O/c24-15-4-3-14(18(25)9-15)11-26-23-29-21(28-20-10-19(31-32-20)13-1-2-13)17-12-27-33(22(17)30-23)16-5-7-34-8-6-16/h3-4,9-10,12-13,16H,1-2,5-8,11H2,(H3,26,28,29,30,31,32). The molecule has 0 atom stereocenters. The van der Waals surface area contributed by atoms with Gasteiger partial charge in [-0.1, -0.05) is 6.07 Å². The van der Waals surface area contributed by atoms with Crippen LogP contribution in [0, 0.1) is 11.6 Å². The number of nitrogens with one attached hydrogen (secondary N) is 3. The fourth-order valence-corrected chi connectivity index (χ4v) is 4.26. The fraction of sp³-hybridized carbons (Fsp3) is 0.391. The highest BCUT2D eigenvalue weighted by Crippen LogP contribution is 2.40. The second-order valence-corrected chi connectivity index (χ2v) is 8.76. The van der Waals surface area contributed by atoms with E-state index in [1.54, 1.807) is 6.20 Å². The van der Waals surface area contributed by atoms with E-state index in [0.29, 0.717) is 47.9 Å². The van der Waals surface area contributed by atoms with Gasteiger partial charge in [-0.05, 0) is 31.7 Å². The Hall–Kier alpha value is -3.60. The number of nitrogens with zero attached hydrogens (tertiary/aromatic N) is 5. The molecule has 4 heterocycles. The largest absolute Gasteiger partial charge is 0.381 e. The molecule has 1 saturated carbocycles. The molecule has 0 bridgehead atoms. The zero-order valence-electron chi connectivity index (χ0n) is 18.4. The molecule has 1 aromatic carbocycles. The van der Waals surface area contributed by atoms with Crippen LogP contribution in [0.15, 0.2) is 30.5 Å². The maximum Gasteiger partial charge on any atom is 0.227 e. The van der Waals surface area contributed by atoms with E-state index in [1.165, 1.54) is 25.0 Å². The average molecular weight is 466 g/mol. The van der Waals surface area contributed by atoms with Crippen molar-refractivity contribution < 1.29 is 13.5 Å². The first kappa shape index (κ1) is 21.0. The third kappa shape index (κ3) is 4.18. The molecule has 2 aliphatic rings. The molecule has 4 aromatic rings. The SMILES string of the molecule is Fc1ccc(CNc2nc(Nc3cc(C4CC4)[nH]n3)c3cnn(C4CCOCC4)c3n2)c(F)c1.